The van der Waals surface area contributed by atoms with Crippen LogP contribution in [0.3, 0.4) is 0 Å². The first-order chi connectivity index (χ1) is 17.2. The number of halogens is 3. The summed E-state index contributed by atoms with van der Waals surface area (Å²) in [4.78, 5) is 15.0. The highest BCUT2D eigenvalue weighted by Gasteiger charge is 2.30. The average Bonchev–Trinajstić information content (AvgIpc) is 3.49. The second kappa shape index (κ2) is 9.47. The fraction of sp³-hybridized carbons (Fsp3) is 0.280. The van der Waals surface area contributed by atoms with E-state index in [1.54, 1.807) is 4.57 Å². The Morgan fingerprint density at radius 3 is 2.19 bits per heavy atom. The molecule has 0 spiro atoms. The summed E-state index contributed by atoms with van der Waals surface area (Å²) < 4.78 is 42.5. The van der Waals surface area contributed by atoms with Crippen LogP contribution in [0.4, 0.5) is 13.2 Å². The van der Waals surface area contributed by atoms with Gasteiger partial charge in [0.1, 0.15) is 6.61 Å². The molecule has 1 aliphatic rings. The number of aromatic amines is 1. The number of H-pyrrole nitrogens is 1. The van der Waals surface area contributed by atoms with Gasteiger partial charge in [-0.05, 0) is 60.3 Å². The Morgan fingerprint density at radius 2 is 1.56 bits per heavy atom. The van der Waals surface area contributed by atoms with Crippen molar-refractivity contribution in [3.05, 3.63) is 97.7 Å². The normalized spacial score (nSPS) is 13.2. The van der Waals surface area contributed by atoms with Crippen molar-refractivity contribution in [2.24, 2.45) is 0 Å². The van der Waals surface area contributed by atoms with Gasteiger partial charge in [-0.2, -0.15) is 13.2 Å². The first-order valence-corrected chi connectivity index (χ1v) is 11.8. The summed E-state index contributed by atoms with van der Waals surface area (Å²) in [6.07, 6.45) is -2.02. The number of aromatic nitrogens is 5. The number of alkyl halides is 3. The molecule has 2 aromatic heterocycles. The number of hydrogen-bond donors (Lipinski definition) is 2. The summed E-state index contributed by atoms with van der Waals surface area (Å²) in [5, 5.41) is 18.2. The van der Waals surface area contributed by atoms with Crippen LogP contribution >= 0.6 is 12.2 Å². The number of rotatable bonds is 6. The predicted molar refractivity (Wildman–Crippen MR) is 129 cm³/mol. The van der Waals surface area contributed by atoms with Crippen LogP contribution in [0.2, 0.25) is 0 Å². The fourth-order valence-corrected chi connectivity index (χ4v) is 4.83. The number of nitrogens with zero attached hydrogens (tertiary/aromatic N) is 4. The average molecular weight is 514 g/mol. The van der Waals surface area contributed by atoms with E-state index >= 15 is 0 Å². The lowest BCUT2D eigenvalue weighted by molar-refractivity contribution is -0.137. The third-order valence-corrected chi connectivity index (χ3v) is 6.76. The third-order valence-electron chi connectivity index (χ3n) is 6.44. The number of nitrogens with one attached hydrogen (secondary N) is 1. The highest BCUT2D eigenvalue weighted by molar-refractivity contribution is 7.71. The minimum atomic E-state index is -4.37. The van der Waals surface area contributed by atoms with Gasteiger partial charge in [-0.25, -0.2) is 0 Å². The smallest absolute Gasteiger partial charge is 0.388 e. The molecule has 0 unspecified atom stereocenters. The van der Waals surface area contributed by atoms with E-state index in [0.29, 0.717) is 41.5 Å². The van der Waals surface area contributed by atoms with E-state index < -0.39 is 11.7 Å². The van der Waals surface area contributed by atoms with E-state index in [2.05, 4.69) is 15.2 Å². The number of hydrogen-bond acceptors (Lipinski definition) is 5. The van der Waals surface area contributed by atoms with E-state index in [-0.39, 0.29) is 12.2 Å². The SMILES string of the molecule is O=c1[nH]c(=S)n(Cc2nnc(CO)n2Cc2ccc(-c3ccc(C(F)(F)F)cc3)cc2)c2c1CCC2. The van der Waals surface area contributed by atoms with Gasteiger partial charge in [0.2, 0.25) is 0 Å². The molecular weight excluding hydrogens is 491 g/mol. The quantitative estimate of drug-likeness (QED) is 0.376. The lowest BCUT2D eigenvalue weighted by Crippen LogP contribution is -2.22. The largest absolute Gasteiger partial charge is 0.416 e. The van der Waals surface area contributed by atoms with Gasteiger partial charge in [0.05, 0.1) is 18.7 Å². The van der Waals surface area contributed by atoms with Crippen LogP contribution in [-0.2, 0) is 38.7 Å². The Kier molecular flexibility index (Phi) is 6.35. The Bertz CT molecular complexity index is 1520. The molecule has 2 aromatic carbocycles. The first kappa shape index (κ1) is 24.1. The fourth-order valence-electron chi connectivity index (χ4n) is 4.57. The Labute approximate surface area is 208 Å². The molecule has 5 rings (SSSR count). The minimum absolute atomic E-state index is 0.144. The molecule has 0 atom stereocenters. The molecule has 0 fully saturated rings. The van der Waals surface area contributed by atoms with Crippen LogP contribution in [0.15, 0.2) is 53.3 Å². The number of aliphatic hydroxyl groups excluding tert-OH is 1. The molecule has 36 heavy (non-hydrogen) atoms. The van der Waals surface area contributed by atoms with Gasteiger partial charge < -0.3 is 14.2 Å². The van der Waals surface area contributed by atoms with Crippen molar-refractivity contribution in [1.82, 2.24) is 24.3 Å². The molecule has 0 aliphatic heterocycles. The third kappa shape index (κ3) is 4.63. The lowest BCUT2D eigenvalue weighted by Gasteiger charge is -2.15. The van der Waals surface area contributed by atoms with E-state index in [1.165, 1.54) is 12.1 Å². The lowest BCUT2D eigenvalue weighted by atomic mass is 10.0. The molecular formula is C25H22F3N5O2S. The van der Waals surface area contributed by atoms with Crippen molar-refractivity contribution in [3.63, 3.8) is 0 Å². The molecule has 1 aliphatic carbocycles. The summed E-state index contributed by atoms with van der Waals surface area (Å²) in [5.74, 6) is 0.979. The Hall–Kier alpha value is -3.57. The van der Waals surface area contributed by atoms with Gasteiger partial charge in [-0.15, -0.1) is 10.2 Å². The van der Waals surface area contributed by atoms with Crippen LogP contribution in [0.25, 0.3) is 11.1 Å². The van der Waals surface area contributed by atoms with E-state index in [4.69, 9.17) is 12.2 Å². The maximum atomic E-state index is 12.8. The summed E-state index contributed by atoms with van der Waals surface area (Å²) >= 11 is 5.42. The van der Waals surface area contributed by atoms with Crippen LogP contribution in [-0.4, -0.2) is 29.4 Å². The van der Waals surface area contributed by atoms with Crippen molar-refractivity contribution in [2.45, 2.75) is 45.1 Å². The van der Waals surface area contributed by atoms with Crippen LogP contribution < -0.4 is 5.56 Å². The predicted octanol–water partition coefficient (Wildman–Crippen LogP) is 4.26. The summed E-state index contributed by atoms with van der Waals surface area (Å²) in [7, 11) is 0. The molecule has 186 valence electrons. The molecule has 0 saturated carbocycles. The van der Waals surface area contributed by atoms with Crippen LogP contribution in [0.1, 0.15) is 40.5 Å². The zero-order chi connectivity index (χ0) is 25.4. The van der Waals surface area contributed by atoms with E-state index in [1.807, 2.05) is 28.8 Å². The van der Waals surface area contributed by atoms with Crippen molar-refractivity contribution in [2.75, 3.05) is 0 Å². The Balaban J connectivity index is 1.40. The monoisotopic (exact) mass is 513 g/mol. The van der Waals surface area contributed by atoms with Crippen LogP contribution in [0, 0.1) is 4.77 Å². The molecule has 0 bridgehead atoms. The van der Waals surface area contributed by atoms with Gasteiger partial charge in [-0.3, -0.25) is 9.78 Å². The van der Waals surface area contributed by atoms with Gasteiger partial charge in [0.25, 0.3) is 5.56 Å². The maximum Gasteiger partial charge on any atom is 0.416 e. The van der Waals surface area contributed by atoms with Crippen molar-refractivity contribution in [1.29, 1.82) is 0 Å². The molecule has 0 saturated heterocycles. The molecule has 0 amide bonds. The molecule has 11 heteroatoms. The van der Waals surface area contributed by atoms with Gasteiger partial charge in [0, 0.05) is 11.3 Å². The van der Waals surface area contributed by atoms with Gasteiger partial charge >= 0.3 is 6.18 Å². The second-order valence-electron chi connectivity index (χ2n) is 8.67. The molecule has 2 heterocycles. The standard InChI is InChI=1S/C25H22F3N5O2S/c26-25(27,28)18-10-8-17(9-11-18)16-6-4-15(5-7-16)12-33-21(30-31-22(33)14-34)13-32-20-3-1-2-19(20)23(35)29-24(32)36/h4-11,34H,1-3,12-14H2,(H,29,35,36). The second-order valence-corrected chi connectivity index (χ2v) is 9.06. The molecule has 7 nitrogen and oxygen atoms in total. The molecule has 0 radical (unpaired) electrons. The summed E-state index contributed by atoms with van der Waals surface area (Å²) in [6, 6.07) is 12.5. The van der Waals surface area contributed by atoms with Crippen molar-refractivity contribution in [3.8, 4) is 11.1 Å². The van der Waals surface area contributed by atoms with Crippen LogP contribution in [0.5, 0.6) is 0 Å². The molecule has 4 aromatic rings. The van der Waals surface area contributed by atoms with Gasteiger partial charge in [0.15, 0.2) is 16.4 Å². The number of benzene rings is 2. The number of fused-ring (bicyclic) bond motifs is 1. The zero-order valence-electron chi connectivity index (χ0n) is 19.0. The van der Waals surface area contributed by atoms with Crippen molar-refractivity contribution < 1.29 is 18.3 Å². The summed E-state index contributed by atoms with van der Waals surface area (Å²) in [5.41, 5.74) is 3.19. The maximum absolute atomic E-state index is 12.8. The summed E-state index contributed by atoms with van der Waals surface area (Å²) in [6.45, 7) is 0.380. The van der Waals surface area contributed by atoms with Gasteiger partial charge in [-0.1, -0.05) is 36.4 Å². The zero-order valence-corrected chi connectivity index (χ0v) is 19.9. The van der Waals surface area contributed by atoms with E-state index in [9.17, 15) is 23.1 Å². The van der Waals surface area contributed by atoms with Crippen molar-refractivity contribution >= 4 is 12.2 Å². The highest BCUT2D eigenvalue weighted by Crippen LogP contribution is 2.31. The molecule has 2 N–H and O–H groups in total. The number of aliphatic hydroxyl groups is 1. The highest BCUT2D eigenvalue weighted by atomic mass is 32.1. The first-order valence-electron chi connectivity index (χ1n) is 11.4. The minimum Gasteiger partial charge on any atom is -0.388 e. The topological polar surface area (TPSA) is 88.7 Å². The van der Waals surface area contributed by atoms with E-state index in [0.717, 1.165) is 47.4 Å². The Morgan fingerprint density at radius 1 is 0.917 bits per heavy atom.